The van der Waals surface area contributed by atoms with E-state index in [2.05, 4.69) is 30.3 Å². The molecule has 0 saturated carbocycles. The summed E-state index contributed by atoms with van der Waals surface area (Å²) in [5.74, 6) is 1.83. The highest BCUT2D eigenvalue weighted by molar-refractivity contribution is 5.99. The lowest BCUT2D eigenvalue weighted by molar-refractivity contribution is 0.122. The smallest absolute Gasteiger partial charge is 0.250 e. The van der Waals surface area contributed by atoms with Gasteiger partial charge in [-0.15, -0.1) is 0 Å². The van der Waals surface area contributed by atoms with Crippen molar-refractivity contribution in [2.45, 2.75) is 19.8 Å². The van der Waals surface area contributed by atoms with Crippen LogP contribution in [0.15, 0.2) is 29.4 Å². The number of hydrazone groups is 1. The van der Waals surface area contributed by atoms with Crippen LogP contribution in [-0.2, 0) is 4.74 Å². The molecule has 2 fully saturated rings. The number of morpholine rings is 1. The standard InChI is InChI=1S/C19H26N8O/c1-14(15-4-6-16(20)7-5-15)24-25-17-21-18(26-8-2-3-9-26)23-19(22-17)27-10-12-28-13-11-27/h4-7H,2-3,8-13,20H2,1H3,(H,21,22,23,25). The first-order valence-electron chi connectivity index (χ1n) is 9.69. The molecular formula is C19H26N8O. The lowest BCUT2D eigenvalue weighted by Gasteiger charge is -2.27. The summed E-state index contributed by atoms with van der Waals surface area (Å²) in [5.41, 5.74) is 11.3. The van der Waals surface area contributed by atoms with Crippen LogP contribution in [0.2, 0.25) is 0 Å². The van der Waals surface area contributed by atoms with Gasteiger partial charge in [-0.05, 0) is 37.5 Å². The highest BCUT2D eigenvalue weighted by atomic mass is 16.5. The number of hydrogen-bond donors (Lipinski definition) is 2. The lowest BCUT2D eigenvalue weighted by Crippen LogP contribution is -2.38. The van der Waals surface area contributed by atoms with E-state index in [0.717, 1.165) is 56.0 Å². The van der Waals surface area contributed by atoms with Gasteiger partial charge in [0.1, 0.15) is 0 Å². The lowest BCUT2D eigenvalue weighted by atomic mass is 10.1. The molecule has 4 rings (SSSR count). The Kier molecular flexibility index (Phi) is 5.52. The van der Waals surface area contributed by atoms with Crippen LogP contribution in [0.1, 0.15) is 25.3 Å². The summed E-state index contributed by atoms with van der Waals surface area (Å²) in [6.45, 7) is 6.79. The Balaban J connectivity index is 1.58. The quantitative estimate of drug-likeness (QED) is 0.458. The minimum absolute atomic E-state index is 0.452. The van der Waals surface area contributed by atoms with Gasteiger partial charge in [0.05, 0.1) is 18.9 Å². The van der Waals surface area contributed by atoms with Crippen LogP contribution < -0.4 is 21.0 Å². The van der Waals surface area contributed by atoms with Gasteiger partial charge in [-0.25, -0.2) is 5.43 Å². The van der Waals surface area contributed by atoms with Crippen molar-refractivity contribution >= 4 is 29.2 Å². The zero-order valence-electron chi connectivity index (χ0n) is 16.1. The summed E-state index contributed by atoms with van der Waals surface area (Å²) in [6.07, 6.45) is 2.32. The van der Waals surface area contributed by atoms with E-state index in [4.69, 9.17) is 15.5 Å². The first-order valence-corrected chi connectivity index (χ1v) is 9.69. The van der Waals surface area contributed by atoms with Crippen LogP contribution in [0.4, 0.5) is 23.5 Å². The fraction of sp³-hybridized carbons (Fsp3) is 0.474. The average molecular weight is 382 g/mol. The Morgan fingerprint density at radius 3 is 2.21 bits per heavy atom. The van der Waals surface area contributed by atoms with E-state index in [-0.39, 0.29) is 0 Å². The van der Waals surface area contributed by atoms with Gasteiger partial charge in [-0.1, -0.05) is 12.1 Å². The summed E-state index contributed by atoms with van der Waals surface area (Å²) in [4.78, 5) is 18.2. The molecule has 1 aromatic heterocycles. The molecule has 2 saturated heterocycles. The van der Waals surface area contributed by atoms with Gasteiger partial charge in [-0.2, -0.15) is 20.1 Å². The van der Waals surface area contributed by atoms with Crippen molar-refractivity contribution in [2.24, 2.45) is 5.10 Å². The number of benzene rings is 1. The number of nitrogens with zero attached hydrogens (tertiary/aromatic N) is 6. The van der Waals surface area contributed by atoms with Crippen molar-refractivity contribution in [1.29, 1.82) is 0 Å². The molecule has 0 aliphatic carbocycles. The Bertz CT molecular complexity index is 826. The summed E-state index contributed by atoms with van der Waals surface area (Å²) in [7, 11) is 0. The van der Waals surface area contributed by atoms with Crippen LogP contribution in [-0.4, -0.2) is 60.1 Å². The van der Waals surface area contributed by atoms with Gasteiger partial charge in [0, 0.05) is 31.9 Å². The molecular weight excluding hydrogens is 356 g/mol. The fourth-order valence-electron chi connectivity index (χ4n) is 3.29. The van der Waals surface area contributed by atoms with E-state index in [9.17, 15) is 0 Å². The number of hydrogen-bond acceptors (Lipinski definition) is 9. The van der Waals surface area contributed by atoms with E-state index in [1.54, 1.807) is 0 Å². The number of nitrogen functional groups attached to an aromatic ring is 1. The maximum absolute atomic E-state index is 5.76. The second-order valence-electron chi connectivity index (χ2n) is 6.98. The largest absolute Gasteiger partial charge is 0.399 e. The molecule has 3 heterocycles. The molecule has 3 N–H and O–H groups in total. The zero-order chi connectivity index (χ0) is 19.3. The third-order valence-electron chi connectivity index (χ3n) is 4.95. The molecule has 9 heteroatoms. The number of nitrogens with two attached hydrogens (primary N) is 1. The van der Waals surface area contributed by atoms with Crippen LogP contribution in [0.25, 0.3) is 0 Å². The molecule has 0 atom stereocenters. The Hall–Kier alpha value is -2.94. The molecule has 2 aliphatic heterocycles. The molecule has 148 valence electrons. The SMILES string of the molecule is CC(=NNc1nc(N2CCCC2)nc(N2CCOCC2)n1)c1ccc(N)cc1. The summed E-state index contributed by atoms with van der Waals surface area (Å²) < 4.78 is 5.45. The zero-order valence-corrected chi connectivity index (χ0v) is 16.1. The first-order chi connectivity index (χ1) is 13.7. The van der Waals surface area contributed by atoms with Gasteiger partial charge in [0.25, 0.3) is 0 Å². The molecule has 2 aromatic rings. The van der Waals surface area contributed by atoms with Crippen molar-refractivity contribution in [2.75, 3.05) is 60.4 Å². The van der Waals surface area contributed by atoms with Gasteiger partial charge in [-0.3, -0.25) is 0 Å². The van der Waals surface area contributed by atoms with Crippen molar-refractivity contribution in [1.82, 2.24) is 15.0 Å². The summed E-state index contributed by atoms with van der Waals surface area (Å²) in [6, 6.07) is 7.61. The number of aromatic nitrogens is 3. The monoisotopic (exact) mass is 382 g/mol. The second-order valence-corrected chi connectivity index (χ2v) is 6.98. The Labute approximate surface area is 164 Å². The van der Waals surface area contributed by atoms with Crippen molar-refractivity contribution < 1.29 is 4.74 Å². The minimum Gasteiger partial charge on any atom is -0.399 e. The predicted octanol–water partition coefficient (Wildman–Crippen LogP) is 1.73. The minimum atomic E-state index is 0.452. The van der Waals surface area contributed by atoms with Crippen molar-refractivity contribution in [3.05, 3.63) is 29.8 Å². The van der Waals surface area contributed by atoms with Gasteiger partial charge in [0.15, 0.2) is 0 Å². The maximum atomic E-state index is 5.76. The molecule has 0 bridgehead atoms. The Morgan fingerprint density at radius 2 is 1.57 bits per heavy atom. The third-order valence-corrected chi connectivity index (χ3v) is 4.95. The molecule has 0 amide bonds. The van der Waals surface area contributed by atoms with Gasteiger partial charge >= 0.3 is 0 Å². The second kappa shape index (κ2) is 8.39. The first kappa shape index (κ1) is 18.4. The van der Waals surface area contributed by atoms with E-state index in [1.807, 2.05) is 31.2 Å². The van der Waals surface area contributed by atoms with Crippen LogP contribution in [0, 0.1) is 0 Å². The molecule has 28 heavy (non-hydrogen) atoms. The molecule has 0 radical (unpaired) electrons. The molecule has 0 unspecified atom stereocenters. The van der Waals surface area contributed by atoms with Gasteiger partial charge in [0.2, 0.25) is 17.8 Å². The number of anilines is 4. The van der Waals surface area contributed by atoms with E-state index in [0.29, 0.717) is 31.1 Å². The van der Waals surface area contributed by atoms with Crippen LogP contribution in [0.3, 0.4) is 0 Å². The summed E-state index contributed by atoms with van der Waals surface area (Å²) in [5, 5.41) is 4.46. The van der Waals surface area contributed by atoms with E-state index < -0.39 is 0 Å². The highest BCUT2D eigenvalue weighted by Gasteiger charge is 2.21. The summed E-state index contributed by atoms with van der Waals surface area (Å²) >= 11 is 0. The van der Waals surface area contributed by atoms with E-state index in [1.165, 1.54) is 0 Å². The van der Waals surface area contributed by atoms with Crippen LogP contribution in [0.5, 0.6) is 0 Å². The normalized spacial score (nSPS) is 17.8. The van der Waals surface area contributed by atoms with Crippen molar-refractivity contribution in [3.63, 3.8) is 0 Å². The fourth-order valence-corrected chi connectivity index (χ4v) is 3.29. The molecule has 1 aromatic carbocycles. The highest BCUT2D eigenvalue weighted by Crippen LogP contribution is 2.21. The number of rotatable bonds is 5. The van der Waals surface area contributed by atoms with E-state index >= 15 is 0 Å². The average Bonchev–Trinajstić information content (AvgIpc) is 3.28. The molecule has 2 aliphatic rings. The third kappa shape index (κ3) is 4.30. The van der Waals surface area contributed by atoms with Crippen LogP contribution >= 0.6 is 0 Å². The molecule has 9 nitrogen and oxygen atoms in total. The topological polar surface area (TPSA) is 105 Å². The van der Waals surface area contributed by atoms with Crippen molar-refractivity contribution in [3.8, 4) is 0 Å². The number of ether oxygens (including phenoxy) is 1. The molecule has 0 spiro atoms. The van der Waals surface area contributed by atoms with Gasteiger partial charge < -0.3 is 20.3 Å². The number of nitrogens with one attached hydrogen (secondary N) is 1. The Morgan fingerprint density at radius 1 is 0.964 bits per heavy atom. The predicted molar refractivity (Wildman–Crippen MR) is 111 cm³/mol. The maximum Gasteiger partial charge on any atom is 0.250 e.